The number of ether oxygens (including phenoxy) is 1. The molecule has 0 bridgehead atoms. The Morgan fingerprint density at radius 2 is 2.00 bits per heavy atom. The zero-order chi connectivity index (χ0) is 13.1. The van der Waals surface area contributed by atoms with Crippen molar-refractivity contribution in [1.82, 2.24) is 9.97 Å². The van der Waals surface area contributed by atoms with Crippen molar-refractivity contribution < 1.29 is 4.74 Å². The predicted octanol–water partition coefficient (Wildman–Crippen LogP) is 1.83. The zero-order valence-electron chi connectivity index (χ0n) is 11.6. The van der Waals surface area contributed by atoms with E-state index in [1.54, 1.807) is 6.33 Å². The van der Waals surface area contributed by atoms with Crippen LogP contribution >= 0.6 is 0 Å². The third-order valence-electron chi connectivity index (χ3n) is 3.12. The van der Waals surface area contributed by atoms with Crippen LogP contribution in [-0.2, 0) is 4.74 Å². The quantitative estimate of drug-likeness (QED) is 0.887. The molecule has 1 fully saturated rings. The first-order valence-electron chi connectivity index (χ1n) is 6.57. The molecule has 2 heterocycles. The molecule has 0 aliphatic carbocycles. The van der Waals surface area contributed by atoms with Crippen LogP contribution in [0.25, 0.3) is 0 Å². The normalized spacial score (nSPS) is 24.1. The van der Waals surface area contributed by atoms with Gasteiger partial charge >= 0.3 is 0 Å². The molecule has 18 heavy (non-hydrogen) atoms. The van der Waals surface area contributed by atoms with E-state index in [-0.39, 0.29) is 12.2 Å². The van der Waals surface area contributed by atoms with Gasteiger partial charge in [0.05, 0.1) is 12.2 Å². The minimum atomic E-state index is 0.241. The second kappa shape index (κ2) is 5.52. The lowest BCUT2D eigenvalue weighted by atomic mass is 10.2. The third kappa shape index (κ3) is 2.72. The summed E-state index contributed by atoms with van der Waals surface area (Å²) in [5.41, 5.74) is 1.11. The molecule has 2 rings (SSSR count). The summed E-state index contributed by atoms with van der Waals surface area (Å²) in [5, 5.41) is 3.27. The topological polar surface area (TPSA) is 50.3 Å². The van der Waals surface area contributed by atoms with Crippen molar-refractivity contribution in [2.45, 2.75) is 39.9 Å². The molecule has 1 aliphatic heterocycles. The van der Waals surface area contributed by atoms with E-state index in [0.717, 1.165) is 36.8 Å². The van der Waals surface area contributed by atoms with E-state index in [2.05, 4.69) is 47.9 Å². The maximum absolute atomic E-state index is 5.75. The summed E-state index contributed by atoms with van der Waals surface area (Å²) in [5.74, 6) is 1.94. The molecule has 5 heteroatoms. The maximum atomic E-state index is 5.75. The van der Waals surface area contributed by atoms with Crippen molar-refractivity contribution in [3.05, 3.63) is 11.9 Å². The van der Waals surface area contributed by atoms with Crippen molar-refractivity contribution >= 4 is 11.6 Å². The van der Waals surface area contributed by atoms with Gasteiger partial charge in [-0.3, -0.25) is 0 Å². The van der Waals surface area contributed by atoms with E-state index in [0.29, 0.717) is 0 Å². The average Bonchev–Trinajstić information content (AvgIpc) is 2.31. The zero-order valence-corrected chi connectivity index (χ0v) is 11.6. The molecule has 0 amide bonds. The standard InChI is InChI=1S/C13H22N4O/c1-5-14-12-11(4)13(16-8-15-12)17-6-9(2)18-10(3)7-17/h8-10H,5-7H2,1-4H3,(H,14,15,16). The number of morpholine rings is 1. The summed E-state index contributed by atoms with van der Waals surface area (Å²) >= 11 is 0. The Labute approximate surface area is 109 Å². The first-order chi connectivity index (χ1) is 8.61. The lowest BCUT2D eigenvalue weighted by Gasteiger charge is -2.36. The van der Waals surface area contributed by atoms with Crippen LogP contribution in [0, 0.1) is 6.92 Å². The van der Waals surface area contributed by atoms with Gasteiger partial charge in [0.1, 0.15) is 18.0 Å². The fourth-order valence-corrected chi connectivity index (χ4v) is 2.46. The maximum Gasteiger partial charge on any atom is 0.137 e. The number of anilines is 2. The van der Waals surface area contributed by atoms with E-state index < -0.39 is 0 Å². The Hall–Kier alpha value is -1.36. The van der Waals surface area contributed by atoms with Gasteiger partial charge in [0.2, 0.25) is 0 Å². The Kier molecular flexibility index (Phi) is 4.01. The highest BCUT2D eigenvalue weighted by molar-refractivity contribution is 5.58. The molecule has 1 aromatic rings. The van der Waals surface area contributed by atoms with Crippen LogP contribution in [-0.4, -0.2) is 41.8 Å². The van der Waals surface area contributed by atoms with Crippen LogP contribution in [0.5, 0.6) is 0 Å². The summed E-state index contributed by atoms with van der Waals surface area (Å²) in [6.45, 7) is 11.0. The van der Waals surface area contributed by atoms with Crippen LogP contribution in [0.1, 0.15) is 26.3 Å². The molecule has 0 aromatic carbocycles. The summed E-state index contributed by atoms with van der Waals surface area (Å²) < 4.78 is 5.75. The highest BCUT2D eigenvalue weighted by Gasteiger charge is 2.24. The van der Waals surface area contributed by atoms with Gasteiger partial charge < -0.3 is 15.0 Å². The van der Waals surface area contributed by atoms with Crippen molar-refractivity contribution in [1.29, 1.82) is 0 Å². The van der Waals surface area contributed by atoms with Crippen molar-refractivity contribution in [2.75, 3.05) is 29.9 Å². The molecular formula is C13H22N4O. The minimum absolute atomic E-state index is 0.241. The lowest BCUT2D eigenvalue weighted by Crippen LogP contribution is -2.46. The number of hydrogen-bond donors (Lipinski definition) is 1. The molecule has 0 radical (unpaired) electrons. The van der Waals surface area contributed by atoms with Crippen LogP contribution in [0.2, 0.25) is 0 Å². The highest BCUT2D eigenvalue weighted by atomic mass is 16.5. The number of rotatable bonds is 3. The molecule has 1 N–H and O–H groups in total. The summed E-state index contributed by atoms with van der Waals surface area (Å²) in [6.07, 6.45) is 2.11. The Morgan fingerprint density at radius 3 is 2.61 bits per heavy atom. The summed E-state index contributed by atoms with van der Waals surface area (Å²) in [6, 6.07) is 0. The molecule has 1 saturated heterocycles. The van der Waals surface area contributed by atoms with Crippen molar-refractivity contribution in [3.63, 3.8) is 0 Å². The van der Waals surface area contributed by atoms with E-state index in [1.807, 2.05) is 0 Å². The van der Waals surface area contributed by atoms with Gasteiger partial charge in [-0.05, 0) is 27.7 Å². The van der Waals surface area contributed by atoms with Gasteiger partial charge in [-0.2, -0.15) is 0 Å². The largest absolute Gasteiger partial charge is 0.372 e. The number of nitrogens with zero attached hydrogens (tertiary/aromatic N) is 3. The molecule has 0 saturated carbocycles. The fourth-order valence-electron chi connectivity index (χ4n) is 2.46. The Balaban J connectivity index is 2.24. The van der Waals surface area contributed by atoms with Crippen molar-refractivity contribution in [2.24, 2.45) is 0 Å². The molecule has 1 aromatic heterocycles. The Bertz CT molecular complexity index is 400. The SMILES string of the molecule is CCNc1ncnc(N2CC(C)OC(C)C2)c1C. The van der Waals surface area contributed by atoms with Gasteiger partial charge in [-0.1, -0.05) is 0 Å². The summed E-state index contributed by atoms with van der Waals surface area (Å²) in [4.78, 5) is 11.0. The first kappa shape index (κ1) is 13.1. The van der Waals surface area contributed by atoms with Gasteiger partial charge in [-0.25, -0.2) is 9.97 Å². The predicted molar refractivity (Wildman–Crippen MR) is 73.2 cm³/mol. The summed E-state index contributed by atoms with van der Waals surface area (Å²) in [7, 11) is 0. The average molecular weight is 250 g/mol. The van der Waals surface area contributed by atoms with Crippen molar-refractivity contribution in [3.8, 4) is 0 Å². The molecule has 100 valence electrons. The van der Waals surface area contributed by atoms with Crippen LogP contribution in [0.15, 0.2) is 6.33 Å². The minimum Gasteiger partial charge on any atom is -0.372 e. The molecule has 2 atom stereocenters. The number of hydrogen-bond acceptors (Lipinski definition) is 5. The monoisotopic (exact) mass is 250 g/mol. The van der Waals surface area contributed by atoms with Gasteiger partial charge in [0.25, 0.3) is 0 Å². The van der Waals surface area contributed by atoms with Crippen LogP contribution in [0.4, 0.5) is 11.6 Å². The Morgan fingerprint density at radius 1 is 1.33 bits per heavy atom. The second-order valence-electron chi connectivity index (χ2n) is 4.86. The first-order valence-corrected chi connectivity index (χ1v) is 6.57. The smallest absolute Gasteiger partial charge is 0.137 e. The third-order valence-corrected chi connectivity index (χ3v) is 3.12. The highest BCUT2D eigenvalue weighted by Crippen LogP contribution is 2.25. The second-order valence-corrected chi connectivity index (χ2v) is 4.86. The van der Waals surface area contributed by atoms with E-state index in [1.165, 1.54) is 0 Å². The van der Waals surface area contributed by atoms with E-state index >= 15 is 0 Å². The molecular weight excluding hydrogens is 228 g/mol. The number of nitrogens with one attached hydrogen (secondary N) is 1. The van der Waals surface area contributed by atoms with E-state index in [9.17, 15) is 0 Å². The van der Waals surface area contributed by atoms with Gasteiger partial charge in [0.15, 0.2) is 0 Å². The van der Waals surface area contributed by atoms with Crippen LogP contribution in [0.3, 0.4) is 0 Å². The number of aromatic nitrogens is 2. The lowest BCUT2D eigenvalue weighted by molar-refractivity contribution is -0.00549. The van der Waals surface area contributed by atoms with Gasteiger partial charge in [0, 0.05) is 25.2 Å². The fraction of sp³-hybridized carbons (Fsp3) is 0.692. The van der Waals surface area contributed by atoms with Gasteiger partial charge in [-0.15, -0.1) is 0 Å². The van der Waals surface area contributed by atoms with Crippen LogP contribution < -0.4 is 10.2 Å². The molecule has 1 aliphatic rings. The molecule has 0 spiro atoms. The molecule has 2 unspecified atom stereocenters. The molecule has 5 nitrogen and oxygen atoms in total. The van der Waals surface area contributed by atoms with E-state index in [4.69, 9.17) is 4.74 Å².